The first-order valence-electron chi connectivity index (χ1n) is 9.70. The van der Waals surface area contributed by atoms with Crippen molar-refractivity contribution < 1.29 is 9.59 Å². The van der Waals surface area contributed by atoms with Gasteiger partial charge in [-0.1, -0.05) is 43.4 Å². The van der Waals surface area contributed by atoms with Crippen molar-refractivity contribution in [3.63, 3.8) is 0 Å². The van der Waals surface area contributed by atoms with E-state index in [1.165, 1.54) is 31.2 Å². The lowest BCUT2D eigenvalue weighted by molar-refractivity contribution is -0.123. The van der Waals surface area contributed by atoms with Crippen molar-refractivity contribution in [2.45, 2.75) is 65.3 Å². The SMILES string of the molecule is Cc1cc(C)c(NC(=O)CN(C)CC(=O)NC2CCCCCC2)c(C)c1. The van der Waals surface area contributed by atoms with Crippen LogP contribution in [0.3, 0.4) is 0 Å². The van der Waals surface area contributed by atoms with Gasteiger partial charge in [0.25, 0.3) is 0 Å². The van der Waals surface area contributed by atoms with E-state index in [2.05, 4.69) is 22.8 Å². The normalized spacial score (nSPS) is 15.6. The fourth-order valence-electron chi connectivity index (χ4n) is 3.80. The van der Waals surface area contributed by atoms with Gasteiger partial charge in [-0.2, -0.15) is 0 Å². The van der Waals surface area contributed by atoms with E-state index in [1.54, 1.807) is 11.9 Å². The van der Waals surface area contributed by atoms with Crippen LogP contribution in [0.1, 0.15) is 55.2 Å². The van der Waals surface area contributed by atoms with Crippen LogP contribution in [0.25, 0.3) is 0 Å². The average molecular weight is 360 g/mol. The predicted molar refractivity (Wildman–Crippen MR) is 106 cm³/mol. The Labute approximate surface area is 157 Å². The highest BCUT2D eigenvalue weighted by Crippen LogP contribution is 2.21. The zero-order valence-electron chi connectivity index (χ0n) is 16.7. The van der Waals surface area contributed by atoms with Gasteiger partial charge in [0.2, 0.25) is 11.8 Å². The van der Waals surface area contributed by atoms with Crippen LogP contribution in [-0.2, 0) is 9.59 Å². The number of amides is 2. The number of carbonyl (C=O) groups is 2. The number of hydrogen-bond donors (Lipinski definition) is 2. The molecule has 2 amide bonds. The minimum absolute atomic E-state index is 0.00916. The van der Waals surface area contributed by atoms with Gasteiger partial charge in [-0.15, -0.1) is 0 Å². The molecule has 2 rings (SSSR count). The molecule has 1 aromatic rings. The van der Waals surface area contributed by atoms with Crippen molar-refractivity contribution in [2.75, 3.05) is 25.5 Å². The molecule has 5 nitrogen and oxygen atoms in total. The standard InChI is InChI=1S/C21H33N3O2/c1-15-11-16(2)21(17(3)12-15)23-20(26)14-24(4)13-19(25)22-18-9-7-5-6-8-10-18/h11-12,18H,5-10,13-14H2,1-4H3,(H,22,25)(H,23,26). The molecule has 0 bridgehead atoms. The molecule has 1 saturated carbocycles. The summed E-state index contributed by atoms with van der Waals surface area (Å²) in [5.41, 5.74) is 4.18. The summed E-state index contributed by atoms with van der Waals surface area (Å²) in [6.07, 6.45) is 7.06. The molecule has 1 aliphatic rings. The molecule has 26 heavy (non-hydrogen) atoms. The Kier molecular flexibility index (Phi) is 7.64. The Morgan fingerprint density at radius 1 is 0.962 bits per heavy atom. The summed E-state index contributed by atoms with van der Waals surface area (Å²) in [5.74, 6) is -0.0836. The van der Waals surface area contributed by atoms with E-state index in [1.807, 2.05) is 20.8 Å². The Morgan fingerprint density at radius 2 is 1.50 bits per heavy atom. The molecule has 0 saturated heterocycles. The quantitative estimate of drug-likeness (QED) is 0.766. The fourth-order valence-corrected chi connectivity index (χ4v) is 3.80. The highest BCUT2D eigenvalue weighted by atomic mass is 16.2. The van der Waals surface area contributed by atoms with Crippen molar-refractivity contribution >= 4 is 17.5 Å². The van der Waals surface area contributed by atoms with Crippen molar-refractivity contribution in [1.29, 1.82) is 0 Å². The summed E-state index contributed by atoms with van der Waals surface area (Å²) in [5, 5.41) is 6.11. The van der Waals surface area contributed by atoms with Crippen molar-refractivity contribution in [1.82, 2.24) is 10.2 Å². The molecule has 1 fully saturated rings. The Bertz CT molecular complexity index is 611. The number of nitrogens with one attached hydrogen (secondary N) is 2. The van der Waals surface area contributed by atoms with Crippen LogP contribution in [0.15, 0.2) is 12.1 Å². The molecule has 0 aromatic heterocycles. The molecule has 1 aromatic carbocycles. The van der Waals surface area contributed by atoms with Crippen LogP contribution in [0.2, 0.25) is 0 Å². The summed E-state index contributed by atoms with van der Waals surface area (Å²) in [4.78, 5) is 26.3. The number of anilines is 1. The summed E-state index contributed by atoms with van der Waals surface area (Å²) in [6, 6.07) is 4.42. The second-order valence-corrected chi connectivity index (χ2v) is 7.75. The number of rotatable bonds is 6. The van der Waals surface area contributed by atoms with Gasteiger partial charge >= 0.3 is 0 Å². The van der Waals surface area contributed by atoms with E-state index in [0.717, 1.165) is 29.7 Å². The molecule has 0 spiro atoms. The molecule has 0 unspecified atom stereocenters. The number of nitrogens with zero attached hydrogens (tertiary/aromatic N) is 1. The van der Waals surface area contributed by atoms with Crippen LogP contribution in [-0.4, -0.2) is 42.9 Å². The first-order valence-corrected chi connectivity index (χ1v) is 9.70. The largest absolute Gasteiger partial charge is 0.352 e. The van der Waals surface area contributed by atoms with Gasteiger partial charge in [-0.25, -0.2) is 0 Å². The zero-order chi connectivity index (χ0) is 19.1. The van der Waals surface area contributed by atoms with Gasteiger partial charge in [0.15, 0.2) is 0 Å². The van der Waals surface area contributed by atoms with Crippen molar-refractivity contribution in [3.05, 3.63) is 28.8 Å². The lowest BCUT2D eigenvalue weighted by Gasteiger charge is -2.20. The number of benzene rings is 1. The lowest BCUT2D eigenvalue weighted by atomic mass is 10.1. The van der Waals surface area contributed by atoms with Crippen LogP contribution in [0, 0.1) is 20.8 Å². The Morgan fingerprint density at radius 3 is 2.08 bits per heavy atom. The number of likely N-dealkylation sites (N-methyl/N-ethyl adjacent to an activating group) is 1. The molecule has 144 valence electrons. The van der Waals surface area contributed by atoms with E-state index in [-0.39, 0.29) is 24.9 Å². The average Bonchev–Trinajstić information content (AvgIpc) is 2.79. The summed E-state index contributed by atoms with van der Waals surface area (Å²) in [6.45, 7) is 6.49. The molecule has 5 heteroatoms. The minimum atomic E-state index is -0.0928. The molecule has 2 N–H and O–H groups in total. The van der Waals surface area contributed by atoms with E-state index < -0.39 is 0 Å². The minimum Gasteiger partial charge on any atom is -0.352 e. The molecule has 1 aliphatic carbocycles. The second kappa shape index (κ2) is 9.72. The fraction of sp³-hybridized carbons (Fsp3) is 0.619. The van der Waals surface area contributed by atoms with E-state index in [4.69, 9.17) is 0 Å². The van der Waals surface area contributed by atoms with Gasteiger partial charge in [0.05, 0.1) is 13.1 Å². The maximum absolute atomic E-state index is 12.3. The zero-order valence-corrected chi connectivity index (χ0v) is 16.7. The maximum atomic E-state index is 12.3. The molecule has 0 radical (unpaired) electrons. The third-order valence-electron chi connectivity index (χ3n) is 4.99. The summed E-state index contributed by atoms with van der Waals surface area (Å²) < 4.78 is 0. The smallest absolute Gasteiger partial charge is 0.238 e. The molecule has 0 heterocycles. The third-order valence-corrected chi connectivity index (χ3v) is 4.99. The Hall–Kier alpha value is -1.88. The van der Waals surface area contributed by atoms with E-state index in [9.17, 15) is 9.59 Å². The molecular formula is C21H33N3O2. The van der Waals surface area contributed by atoms with Gasteiger partial charge in [0, 0.05) is 11.7 Å². The van der Waals surface area contributed by atoms with Crippen molar-refractivity contribution in [3.8, 4) is 0 Å². The summed E-state index contributed by atoms with van der Waals surface area (Å²) in [7, 11) is 1.81. The summed E-state index contributed by atoms with van der Waals surface area (Å²) >= 11 is 0. The van der Waals surface area contributed by atoms with E-state index >= 15 is 0 Å². The van der Waals surface area contributed by atoms with Gasteiger partial charge in [-0.05, 0) is 51.8 Å². The number of aryl methyl sites for hydroxylation is 3. The van der Waals surface area contributed by atoms with Gasteiger partial charge in [0.1, 0.15) is 0 Å². The topological polar surface area (TPSA) is 61.4 Å². The highest BCUT2D eigenvalue weighted by molar-refractivity contribution is 5.94. The van der Waals surface area contributed by atoms with Crippen LogP contribution in [0.4, 0.5) is 5.69 Å². The first kappa shape index (κ1) is 20.4. The monoisotopic (exact) mass is 359 g/mol. The second-order valence-electron chi connectivity index (χ2n) is 7.75. The van der Waals surface area contributed by atoms with Gasteiger partial charge < -0.3 is 10.6 Å². The molecular weight excluding hydrogens is 326 g/mol. The van der Waals surface area contributed by atoms with Crippen LogP contribution >= 0.6 is 0 Å². The lowest BCUT2D eigenvalue weighted by Crippen LogP contribution is -2.42. The highest BCUT2D eigenvalue weighted by Gasteiger charge is 2.17. The van der Waals surface area contributed by atoms with Crippen LogP contribution < -0.4 is 10.6 Å². The van der Waals surface area contributed by atoms with Crippen LogP contribution in [0.5, 0.6) is 0 Å². The van der Waals surface area contributed by atoms with Gasteiger partial charge in [-0.3, -0.25) is 14.5 Å². The molecule has 0 atom stereocenters. The van der Waals surface area contributed by atoms with E-state index in [0.29, 0.717) is 6.04 Å². The maximum Gasteiger partial charge on any atom is 0.238 e. The number of carbonyl (C=O) groups excluding carboxylic acids is 2. The molecule has 0 aliphatic heterocycles. The first-order chi connectivity index (χ1) is 12.3. The third kappa shape index (κ3) is 6.45. The Balaban J connectivity index is 1.80. The predicted octanol–water partition coefficient (Wildman–Crippen LogP) is 3.32. The number of hydrogen-bond acceptors (Lipinski definition) is 3. The van der Waals surface area contributed by atoms with Crippen molar-refractivity contribution in [2.24, 2.45) is 0 Å².